The molecule has 3 atom stereocenters. The molecule has 0 N–H and O–H groups in total. The molecule has 2 nitrogen and oxygen atoms in total. The smallest absolute Gasteiger partial charge is 0.122 e. The van der Waals surface area contributed by atoms with E-state index in [-0.39, 0.29) is 0 Å². The van der Waals surface area contributed by atoms with Gasteiger partial charge in [-0.25, -0.2) is 0 Å². The van der Waals surface area contributed by atoms with E-state index in [1.165, 1.54) is 29.5 Å². The van der Waals surface area contributed by atoms with Crippen molar-refractivity contribution in [3.05, 3.63) is 28.8 Å². The van der Waals surface area contributed by atoms with Gasteiger partial charge in [0, 0.05) is 12.0 Å². The summed E-state index contributed by atoms with van der Waals surface area (Å²) >= 11 is 0. The maximum Gasteiger partial charge on any atom is 0.122 e. The van der Waals surface area contributed by atoms with E-state index < -0.39 is 0 Å². The van der Waals surface area contributed by atoms with Gasteiger partial charge in [-0.15, -0.1) is 0 Å². The molecule has 2 rings (SSSR count). The minimum atomic E-state index is 0.412. The van der Waals surface area contributed by atoms with Crippen molar-refractivity contribution in [2.75, 3.05) is 7.11 Å². The van der Waals surface area contributed by atoms with Gasteiger partial charge in [0.15, 0.2) is 0 Å². The molecule has 0 radical (unpaired) electrons. The molecule has 0 aromatic heterocycles. The summed E-state index contributed by atoms with van der Waals surface area (Å²) in [6.07, 6.45) is 4.06. The first kappa shape index (κ1) is 14.1. The predicted molar refractivity (Wildman–Crippen MR) is 78.0 cm³/mol. The van der Waals surface area contributed by atoms with Gasteiger partial charge in [-0.1, -0.05) is 19.9 Å². The fraction of sp³-hybridized carbons (Fsp3) is 0.588. The number of aryl methyl sites for hydroxylation is 1. The largest absolute Gasteiger partial charge is 0.496 e. The Bertz CT molecular complexity index is 465. The third kappa shape index (κ3) is 2.68. The van der Waals surface area contributed by atoms with Crippen LogP contribution >= 0.6 is 0 Å². The summed E-state index contributed by atoms with van der Waals surface area (Å²) in [7, 11) is 1.75. The zero-order valence-electron chi connectivity index (χ0n) is 12.4. The zero-order valence-corrected chi connectivity index (χ0v) is 12.4. The molecule has 19 heavy (non-hydrogen) atoms. The van der Waals surface area contributed by atoms with Crippen LogP contribution in [0.15, 0.2) is 12.1 Å². The number of methoxy groups -OCH3 is 1. The number of hydrogen-bond donors (Lipinski definition) is 0. The summed E-state index contributed by atoms with van der Waals surface area (Å²) < 4.78 is 5.58. The normalized spacial score (nSPS) is 23.6. The van der Waals surface area contributed by atoms with E-state index in [0.29, 0.717) is 24.2 Å². The van der Waals surface area contributed by atoms with Crippen molar-refractivity contribution in [3.63, 3.8) is 0 Å². The fourth-order valence-electron chi connectivity index (χ4n) is 3.43. The molecular formula is C17H24O2. The average molecular weight is 260 g/mol. The van der Waals surface area contributed by atoms with Gasteiger partial charge in [-0.2, -0.15) is 0 Å². The molecule has 1 aliphatic rings. The van der Waals surface area contributed by atoms with Gasteiger partial charge < -0.3 is 9.53 Å². The zero-order chi connectivity index (χ0) is 14.0. The summed E-state index contributed by atoms with van der Waals surface area (Å²) in [6, 6.07) is 4.42. The van der Waals surface area contributed by atoms with Crippen molar-refractivity contribution >= 4 is 6.29 Å². The highest BCUT2D eigenvalue weighted by molar-refractivity contribution is 5.52. The lowest BCUT2D eigenvalue weighted by molar-refractivity contribution is -0.108. The number of aldehydes is 1. The molecule has 0 unspecified atom stereocenters. The lowest BCUT2D eigenvalue weighted by atomic mass is 9.71. The number of benzene rings is 1. The molecule has 0 fully saturated rings. The van der Waals surface area contributed by atoms with Crippen LogP contribution in [0.5, 0.6) is 5.75 Å². The summed E-state index contributed by atoms with van der Waals surface area (Å²) in [5.74, 6) is 2.47. The molecule has 1 aromatic rings. The van der Waals surface area contributed by atoms with Crippen LogP contribution in [-0.4, -0.2) is 13.4 Å². The van der Waals surface area contributed by atoms with Crippen LogP contribution in [0.1, 0.15) is 61.6 Å². The van der Waals surface area contributed by atoms with E-state index in [4.69, 9.17) is 4.74 Å². The third-order valence-corrected chi connectivity index (χ3v) is 4.50. The van der Waals surface area contributed by atoms with Crippen LogP contribution in [0.25, 0.3) is 0 Å². The molecule has 0 bridgehead atoms. The molecular weight excluding hydrogens is 236 g/mol. The number of carbonyl (C=O) groups is 1. The second kappa shape index (κ2) is 5.77. The number of fused-ring (bicyclic) bond motifs is 1. The Balaban J connectivity index is 2.49. The lowest BCUT2D eigenvalue weighted by Gasteiger charge is -2.34. The molecule has 1 aliphatic carbocycles. The van der Waals surface area contributed by atoms with Crippen LogP contribution in [-0.2, 0) is 4.79 Å². The number of carbonyl (C=O) groups excluding carboxylic acids is 1. The van der Waals surface area contributed by atoms with Gasteiger partial charge in [0.05, 0.1) is 7.11 Å². The van der Waals surface area contributed by atoms with E-state index in [9.17, 15) is 4.79 Å². The highest BCUT2D eigenvalue weighted by atomic mass is 16.5. The monoisotopic (exact) mass is 260 g/mol. The second-order valence-corrected chi connectivity index (χ2v) is 5.93. The minimum Gasteiger partial charge on any atom is -0.496 e. The summed E-state index contributed by atoms with van der Waals surface area (Å²) in [4.78, 5) is 10.8. The Labute approximate surface area is 116 Å². The Morgan fingerprint density at radius 2 is 2.16 bits per heavy atom. The van der Waals surface area contributed by atoms with Crippen molar-refractivity contribution in [2.24, 2.45) is 5.92 Å². The average Bonchev–Trinajstić information content (AvgIpc) is 2.38. The maximum absolute atomic E-state index is 10.8. The highest BCUT2D eigenvalue weighted by Crippen LogP contribution is 2.46. The first-order valence-electron chi connectivity index (χ1n) is 7.20. The van der Waals surface area contributed by atoms with Crippen LogP contribution in [0, 0.1) is 12.8 Å². The summed E-state index contributed by atoms with van der Waals surface area (Å²) in [5.41, 5.74) is 4.01. The second-order valence-electron chi connectivity index (χ2n) is 5.93. The quantitative estimate of drug-likeness (QED) is 0.758. The third-order valence-electron chi connectivity index (χ3n) is 4.50. The van der Waals surface area contributed by atoms with Gasteiger partial charge in [0.25, 0.3) is 0 Å². The molecule has 0 saturated carbocycles. The van der Waals surface area contributed by atoms with Crippen molar-refractivity contribution < 1.29 is 9.53 Å². The summed E-state index contributed by atoms with van der Waals surface area (Å²) in [5, 5.41) is 0. The Hall–Kier alpha value is -1.31. The summed E-state index contributed by atoms with van der Waals surface area (Å²) in [6.45, 7) is 6.58. The van der Waals surface area contributed by atoms with Crippen LogP contribution in [0.3, 0.4) is 0 Å². The SMILES string of the molecule is COc1cc(C)cc2c1[C@@H](C)CC[C@@H]2[C@@H](C)CC=O. The molecule has 0 aliphatic heterocycles. The Kier molecular flexibility index (Phi) is 4.28. The van der Waals surface area contributed by atoms with Crippen molar-refractivity contribution in [1.29, 1.82) is 0 Å². The number of hydrogen-bond acceptors (Lipinski definition) is 2. The predicted octanol–water partition coefficient (Wildman–Crippen LogP) is 4.21. The van der Waals surface area contributed by atoms with Gasteiger partial charge in [0.2, 0.25) is 0 Å². The standard InChI is InChI=1S/C17H24O2/c1-11-9-15-14(12(2)7-8-18)6-5-13(3)17(15)16(10-11)19-4/h8-10,12-14H,5-7H2,1-4H3/t12-,13-,14+/m0/s1. The van der Waals surface area contributed by atoms with Crippen molar-refractivity contribution in [1.82, 2.24) is 0 Å². The Morgan fingerprint density at radius 3 is 2.79 bits per heavy atom. The molecule has 0 amide bonds. The number of ether oxygens (including phenoxy) is 1. The van der Waals surface area contributed by atoms with Crippen LogP contribution < -0.4 is 4.74 Å². The highest BCUT2D eigenvalue weighted by Gasteiger charge is 2.30. The Morgan fingerprint density at radius 1 is 1.42 bits per heavy atom. The molecule has 0 spiro atoms. The minimum absolute atomic E-state index is 0.412. The molecule has 0 saturated heterocycles. The van der Waals surface area contributed by atoms with Crippen LogP contribution in [0.4, 0.5) is 0 Å². The lowest BCUT2D eigenvalue weighted by Crippen LogP contribution is -2.20. The van der Waals surface area contributed by atoms with E-state index >= 15 is 0 Å². The van der Waals surface area contributed by atoms with Crippen molar-refractivity contribution in [2.45, 2.75) is 51.9 Å². The van der Waals surface area contributed by atoms with E-state index in [0.717, 1.165) is 12.0 Å². The number of rotatable bonds is 4. The van der Waals surface area contributed by atoms with Gasteiger partial charge in [-0.3, -0.25) is 0 Å². The van der Waals surface area contributed by atoms with E-state index in [1.54, 1.807) is 7.11 Å². The molecule has 1 aromatic carbocycles. The molecule has 104 valence electrons. The molecule has 0 heterocycles. The van der Waals surface area contributed by atoms with E-state index in [1.807, 2.05) is 0 Å². The fourth-order valence-corrected chi connectivity index (χ4v) is 3.43. The van der Waals surface area contributed by atoms with Gasteiger partial charge >= 0.3 is 0 Å². The van der Waals surface area contributed by atoms with Gasteiger partial charge in [-0.05, 0) is 54.7 Å². The molecule has 2 heteroatoms. The maximum atomic E-state index is 10.8. The van der Waals surface area contributed by atoms with Crippen molar-refractivity contribution in [3.8, 4) is 5.75 Å². The van der Waals surface area contributed by atoms with Gasteiger partial charge in [0.1, 0.15) is 12.0 Å². The topological polar surface area (TPSA) is 26.3 Å². The van der Waals surface area contributed by atoms with E-state index in [2.05, 4.69) is 32.9 Å². The first-order chi connectivity index (χ1) is 9.08. The van der Waals surface area contributed by atoms with Crippen LogP contribution in [0.2, 0.25) is 0 Å². The first-order valence-corrected chi connectivity index (χ1v) is 7.20.